The van der Waals surface area contributed by atoms with Crippen molar-refractivity contribution < 1.29 is 14.3 Å². The molecule has 0 fully saturated rings. The Kier molecular flexibility index (Phi) is 4.81. The zero-order valence-electron chi connectivity index (χ0n) is 10.4. The molecule has 0 saturated carbocycles. The SMILES string of the molecule is O=C(Nc1cc(Br)ccc1F)c1ccnc(CCO)c1. The Morgan fingerprint density at radius 3 is 2.90 bits per heavy atom. The second-order valence-electron chi connectivity index (χ2n) is 4.09. The number of pyridine rings is 1. The molecule has 0 aliphatic heterocycles. The zero-order valence-corrected chi connectivity index (χ0v) is 12.0. The normalized spacial score (nSPS) is 10.3. The van der Waals surface area contributed by atoms with Crippen LogP contribution in [0.5, 0.6) is 0 Å². The highest BCUT2D eigenvalue weighted by Crippen LogP contribution is 2.20. The van der Waals surface area contributed by atoms with Crippen LogP contribution in [0.2, 0.25) is 0 Å². The predicted octanol–water partition coefficient (Wildman–Crippen LogP) is 2.77. The van der Waals surface area contributed by atoms with E-state index in [1.807, 2.05) is 0 Å². The van der Waals surface area contributed by atoms with E-state index in [1.54, 1.807) is 12.1 Å². The number of nitrogens with zero attached hydrogens (tertiary/aromatic N) is 1. The van der Waals surface area contributed by atoms with Crippen LogP contribution in [0.25, 0.3) is 0 Å². The van der Waals surface area contributed by atoms with Gasteiger partial charge >= 0.3 is 0 Å². The van der Waals surface area contributed by atoms with E-state index in [2.05, 4.69) is 26.2 Å². The molecule has 1 aromatic carbocycles. The average molecular weight is 339 g/mol. The number of anilines is 1. The third-order valence-corrected chi connectivity index (χ3v) is 3.12. The van der Waals surface area contributed by atoms with Gasteiger partial charge in [-0.3, -0.25) is 9.78 Å². The summed E-state index contributed by atoms with van der Waals surface area (Å²) in [5.74, 6) is -0.935. The van der Waals surface area contributed by atoms with E-state index in [0.29, 0.717) is 22.2 Å². The molecule has 0 radical (unpaired) electrons. The number of aromatic nitrogens is 1. The van der Waals surface area contributed by atoms with Gasteiger partial charge in [-0.05, 0) is 30.3 Å². The summed E-state index contributed by atoms with van der Waals surface area (Å²) >= 11 is 3.22. The van der Waals surface area contributed by atoms with Crippen LogP contribution < -0.4 is 5.32 Å². The van der Waals surface area contributed by atoms with Crippen molar-refractivity contribution >= 4 is 27.5 Å². The second kappa shape index (κ2) is 6.58. The minimum Gasteiger partial charge on any atom is -0.396 e. The van der Waals surface area contributed by atoms with E-state index in [4.69, 9.17) is 5.11 Å². The van der Waals surface area contributed by atoms with Crippen LogP contribution in [0.15, 0.2) is 41.0 Å². The number of carbonyl (C=O) groups is 1. The van der Waals surface area contributed by atoms with Crippen molar-refractivity contribution in [3.63, 3.8) is 0 Å². The van der Waals surface area contributed by atoms with E-state index >= 15 is 0 Å². The second-order valence-corrected chi connectivity index (χ2v) is 5.00. The average Bonchev–Trinajstić information content (AvgIpc) is 2.43. The summed E-state index contributed by atoms with van der Waals surface area (Å²) in [6.07, 6.45) is 1.85. The summed E-state index contributed by atoms with van der Waals surface area (Å²) in [5.41, 5.74) is 1.07. The van der Waals surface area contributed by atoms with Crippen molar-refractivity contribution in [3.05, 3.63) is 58.1 Å². The molecule has 2 N–H and O–H groups in total. The molecule has 4 nitrogen and oxygen atoms in total. The lowest BCUT2D eigenvalue weighted by Crippen LogP contribution is -2.13. The van der Waals surface area contributed by atoms with Crippen molar-refractivity contribution in [3.8, 4) is 0 Å². The first-order valence-electron chi connectivity index (χ1n) is 5.92. The number of amides is 1. The van der Waals surface area contributed by atoms with Gasteiger partial charge in [0.05, 0.1) is 5.69 Å². The zero-order chi connectivity index (χ0) is 14.5. The molecule has 0 atom stereocenters. The molecule has 20 heavy (non-hydrogen) atoms. The Bertz CT molecular complexity index is 634. The quantitative estimate of drug-likeness (QED) is 0.900. The maximum absolute atomic E-state index is 13.6. The topological polar surface area (TPSA) is 62.2 Å². The molecule has 1 heterocycles. The van der Waals surface area contributed by atoms with E-state index in [0.717, 1.165) is 0 Å². The first-order chi connectivity index (χ1) is 9.60. The molecule has 0 saturated heterocycles. The Labute approximate surface area is 123 Å². The number of halogens is 2. The third kappa shape index (κ3) is 3.61. The van der Waals surface area contributed by atoms with Crippen LogP contribution in [0.4, 0.5) is 10.1 Å². The number of rotatable bonds is 4. The van der Waals surface area contributed by atoms with E-state index in [9.17, 15) is 9.18 Å². The minimum atomic E-state index is -0.508. The van der Waals surface area contributed by atoms with Crippen LogP contribution >= 0.6 is 15.9 Å². The van der Waals surface area contributed by atoms with Crippen molar-refractivity contribution in [2.24, 2.45) is 0 Å². The number of hydrogen-bond donors (Lipinski definition) is 2. The molecule has 0 spiro atoms. The highest BCUT2D eigenvalue weighted by atomic mass is 79.9. The molecule has 104 valence electrons. The first-order valence-corrected chi connectivity index (χ1v) is 6.71. The summed E-state index contributed by atoms with van der Waals surface area (Å²) in [6.45, 7) is -0.0433. The van der Waals surface area contributed by atoms with Crippen LogP contribution in [0, 0.1) is 5.82 Å². The summed E-state index contributed by atoms with van der Waals surface area (Å²) in [6, 6.07) is 7.41. The Balaban J connectivity index is 2.19. The van der Waals surface area contributed by atoms with E-state index < -0.39 is 11.7 Å². The lowest BCUT2D eigenvalue weighted by Gasteiger charge is -2.07. The van der Waals surface area contributed by atoms with Gasteiger partial charge in [0.1, 0.15) is 5.82 Å². The lowest BCUT2D eigenvalue weighted by molar-refractivity contribution is 0.102. The number of nitrogens with one attached hydrogen (secondary N) is 1. The summed E-state index contributed by atoms with van der Waals surface area (Å²) in [7, 11) is 0. The molecule has 1 aromatic heterocycles. The molecule has 0 aliphatic carbocycles. The van der Waals surface area contributed by atoms with Gasteiger partial charge in [-0.1, -0.05) is 15.9 Å². The largest absolute Gasteiger partial charge is 0.396 e. The molecule has 2 aromatic rings. The fourth-order valence-electron chi connectivity index (χ4n) is 1.66. The van der Waals surface area contributed by atoms with Crippen molar-refractivity contribution in [2.45, 2.75) is 6.42 Å². The number of aliphatic hydroxyl groups is 1. The highest BCUT2D eigenvalue weighted by Gasteiger charge is 2.10. The minimum absolute atomic E-state index is 0.0433. The molecule has 1 amide bonds. The van der Waals surface area contributed by atoms with Crippen LogP contribution in [-0.2, 0) is 6.42 Å². The van der Waals surface area contributed by atoms with Gasteiger partial charge < -0.3 is 10.4 Å². The molecule has 0 bridgehead atoms. The highest BCUT2D eigenvalue weighted by molar-refractivity contribution is 9.10. The number of benzene rings is 1. The number of carbonyl (C=O) groups excluding carboxylic acids is 1. The van der Waals surface area contributed by atoms with Gasteiger partial charge in [0.25, 0.3) is 5.91 Å². The standard InChI is InChI=1S/C14H12BrFN2O2/c15-10-1-2-12(16)13(8-10)18-14(20)9-3-5-17-11(7-9)4-6-19/h1-3,5,7-8,19H,4,6H2,(H,18,20). The third-order valence-electron chi connectivity index (χ3n) is 2.62. The molecular formula is C14H12BrFN2O2. The molecule has 0 aliphatic rings. The molecule has 6 heteroatoms. The van der Waals surface area contributed by atoms with Crippen LogP contribution in [0.1, 0.15) is 16.1 Å². The van der Waals surface area contributed by atoms with Gasteiger partial charge in [-0.2, -0.15) is 0 Å². The predicted molar refractivity (Wildman–Crippen MR) is 77.1 cm³/mol. The van der Waals surface area contributed by atoms with E-state index in [-0.39, 0.29) is 12.3 Å². The maximum atomic E-state index is 13.6. The first kappa shape index (κ1) is 14.6. The number of aliphatic hydroxyl groups excluding tert-OH is 1. The summed E-state index contributed by atoms with van der Waals surface area (Å²) < 4.78 is 14.2. The van der Waals surface area contributed by atoms with Gasteiger partial charge in [-0.25, -0.2) is 4.39 Å². The van der Waals surface area contributed by atoms with Crippen LogP contribution in [-0.4, -0.2) is 22.6 Å². The van der Waals surface area contributed by atoms with Gasteiger partial charge in [0.15, 0.2) is 0 Å². The fourth-order valence-corrected chi connectivity index (χ4v) is 2.02. The number of hydrogen-bond acceptors (Lipinski definition) is 3. The van der Waals surface area contributed by atoms with Gasteiger partial charge in [0, 0.05) is 35.0 Å². The van der Waals surface area contributed by atoms with Crippen molar-refractivity contribution in [1.82, 2.24) is 4.98 Å². The lowest BCUT2D eigenvalue weighted by atomic mass is 10.2. The van der Waals surface area contributed by atoms with Crippen molar-refractivity contribution in [2.75, 3.05) is 11.9 Å². The summed E-state index contributed by atoms with van der Waals surface area (Å²) in [5, 5.41) is 11.4. The van der Waals surface area contributed by atoms with Crippen LogP contribution in [0.3, 0.4) is 0 Å². The monoisotopic (exact) mass is 338 g/mol. The van der Waals surface area contributed by atoms with Gasteiger partial charge in [0.2, 0.25) is 0 Å². The molecule has 0 unspecified atom stereocenters. The Morgan fingerprint density at radius 1 is 1.35 bits per heavy atom. The van der Waals surface area contributed by atoms with E-state index in [1.165, 1.54) is 24.4 Å². The maximum Gasteiger partial charge on any atom is 0.255 e. The smallest absolute Gasteiger partial charge is 0.255 e. The summed E-state index contributed by atoms with van der Waals surface area (Å²) in [4.78, 5) is 16.1. The molecular weight excluding hydrogens is 327 g/mol. The Hall–Kier alpha value is -1.79. The molecule has 2 rings (SSSR count). The Morgan fingerprint density at radius 2 is 2.15 bits per heavy atom. The van der Waals surface area contributed by atoms with Gasteiger partial charge in [-0.15, -0.1) is 0 Å². The van der Waals surface area contributed by atoms with Crippen molar-refractivity contribution in [1.29, 1.82) is 0 Å². The fraction of sp³-hybridized carbons (Fsp3) is 0.143.